The van der Waals surface area contributed by atoms with Gasteiger partial charge in [-0.25, -0.2) is 0 Å². The molecule has 2 heterocycles. The number of hydrogen-bond donors (Lipinski definition) is 1. The highest BCUT2D eigenvalue weighted by atomic mass is 35.5. The molecule has 0 radical (unpaired) electrons. The minimum Gasteiger partial charge on any atom is -0.378 e. The molecule has 2 rings (SSSR count). The fraction of sp³-hybridized carbons (Fsp3) is 0.786. The number of nitrogens with one attached hydrogen (secondary N) is 1. The van der Waals surface area contributed by atoms with Gasteiger partial charge in [0, 0.05) is 31.2 Å². The number of halogens is 1. The van der Waals surface area contributed by atoms with Crippen molar-refractivity contribution in [2.45, 2.75) is 45.3 Å². The van der Waals surface area contributed by atoms with Gasteiger partial charge in [-0.3, -0.25) is 4.68 Å². The standard InChI is InChI=1S/C14H24ClN3O/c1-5-13-10(6-7-19-13)12(16-3)8-11-9(2)17-18(4)14(11)15/h10,12-13,16H,5-8H2,1-4H3. The molecule has 1 N–H and O–H groups in total. The summed E-state index contributed by atoms with van der Waals surface area (Å²) in [6, 6.07) is 0.396. The molecule has 3 atom stereocenters. The number of aromatic nitrogens is 2. The third-order valence-corrected chi connectivity index (χ3v) is 4.72. The molecule has 1 fully saturated rings. The second kappa shape index (κ2) is 6.25. The zero-order valence-corrected chi connectivity index (χ0v) is 13.0. The first-order chi connectivity index (χ1) is 9.08. The Morgan fingerprint density at radius 1 is 1.58 bits per heavy atom. The lowest BCUT2D eigenvalue weighted by molar-refractivity contribution is 0.0783. The Bertz CT molecular complexity index is 433. The average molecular weight is 286 g/mol. The topological polar surface area (TPSA) is 39.1 Å². The van der Waals surface area contributed by atoms with E-state index in [9.17, 15) is 0 Å². The van der Waals surface area contributed by atoms with E-state index in [2.05, 4.69) is 17.3 Å². The number of hydrogen-bond acceptors (Lipinski definition) is 3. The Morgan fingerprint density at radius 3 is 2.84 bits per heavy atom. The van der Waals surface area contributed by atoms with Gasteiger partial charge in [-0.15, -0.1) is 0 Å². The molecule has 0 bridgehead atoms. The van der Waals surface area contributed by atoms with Crippen LogP contribution in [0.5, 0.6) is 0 Å². The summed E-state index contributed by atoms with van der Waals surface area (Å²) in [4.78, 5) is 0. The first kappa shape index (κ1) is 14.8. The lowest BCUT2D eigenvalue weighted by atomic mass is 9.87. The molecule has 0 aliphatic carbocycles. The molecule has 0 aromatic carbocycles. The van der Waals surface area contributed by atoms with Crippen molar-refractivity contribution in [3.63, 3.8) is 0 Å². The summed E-state index contributed by atoms with van der Waals surface area (Å²) in [5.41, 5.74) is 2.19. The summed E-state index contributed by atoms with van der Waals surface area (Å²) in [6.07, 6.45) is 3.48. The van der Waals surface area contributed by atoms with Gasteiger partial charge >= 0.3 is 0 Å². The molecule has 4 nitrogen and oxygen atoms in total. The fourth-order valence-electron chi connectivity index (χ4n) is 3.14. The lowest BCUT2D eigenvalue weighted by Gasteiger charge is -2.26. The Kier molecular flexibility index (Phi) is 4.87. The third-order valence-electron chi connectivity index (χ3n) is 4.24. The van der Waals surface area contributed by atoms with E-state index >= 15 is 0 Å². The zero-order chi connectivity index (χ0) is 14.0. The molecule has 5 heteroatoms. The highest BCUT2D eigenvalue weighted by Crippen LogP contribution is 2.30. The van der Waals surface area contributed by atoms with Crippen LogP contribution >= 0.6 is 11.6 Å². The number of likely N-dealkylation sites (N-methyl/N-ethyl adjacent to an activating group) is 1. The van der Waals surface area contributed by atoms with Crippen LogP contribution in [0.4, 0.5) is 0 Å². The van der Waals surface area contributed by atoms with E-state index in [4.69, 9.17) is 16.3 Å². The predicted octanol–water partition coefficient (Wildman–Crippen LogP) is 2.33. The van der Waals surface area contributed by atoms with Gasteiger partial charge in [-0.1, -0.05) is 18.5 Å². The second-order valence-electron chi connectivity index (χ2n) is 5.35. The largest absolute Gasteiger partial charge is 0.378 e. The van der Waals surface area contributed by atoms with E-state index in [0.717, 1.165) is 42.3 Å². The van der Waals surface area contributed by atoms with Crippen molar-refractivity contribution >= 4 is 11.6 Å². The highest BCUT2D eigenvalue weighted by molar-refractivity contribution is 6.30. The molecule has 0 saturated carbocycles. The first-order valence-corrected chi connectivity index (χ1v) is 7.43. The van der Waals surface area contributed by atoms with E-state index in [1.165, 1.54) is 0 Å². The summed E-state index contributed by atoms with van der Waals surface area (Å²) in [7, 11) is 3.91. The van der Waals surface area contributed by atoms with Crippen LogP contribution in [0.25, 0.3) is 0 Å². The summed E-state index contributed by atoms with van der Waals surface area (Å²) in [5, 5.41) is 8.59. The molecular formula is C14H24ClN3O. The van der Waals surface area contributed by atoms with Gasteiger partial charge < -0.3 is 10.1 Å². The van der Waals surface area contributed by atoms with Crippen LogP contribution < -0.4 is 5.32 Å². The van der Waals surface area contributed by atoms with Crippen molar-refractivity contribution in [3.8, 4) is 0 Å². The normalized spacial score (nSPS) is 24.9. The van der Waals surface area contributed by atoms with Gasteiger partial charge in [-0.05, 0) is 33.2 Å². The van der Waals surface area contributed by atoms with E-state index < -0.39 is 0 Å². The van der Waals surface area contributed by atoms with Crippen LogP contribution in [0, 0.1) is 12.8 Å². The van der Waals surface area contributed by atoms with Crippen molar-refractivity contribution in [2.75, 3.05) is 13.7 Å². The van der Waals surface area contributed by atoms with E-state index in [1.54, 1.807) is 4.68 Å². The number of nitrogens with zero attached hydrogens (tertiary/aromatic N) is 2. The average Bonchev–Trinajstić information content (AvgIpc) is 2.95. The minimum absolute atomic E-state index is 0.369. The molecule has 3 unspecified atom stereocenters. The lowest BCUT2D eigenvalue weighted by Crippen LogP contribution is -2.39. The zero-order valence-electron chi connectivity index (χ0n) is 12.2. The molecule has 1 aliphatic rings. The highest BCUT2D eigenvalue weighted by Gasteiger charge is 2.33. The predicted molar refractivity (Wildman–Crippen MR) is 77.6 cm³/mol. The van der Waals surface area contributed by atoms with Crippen LogP contribution in [0.15, 0.2) is 0 Å². The Hall–Kier alpha value is -0.580. The number of aryl methyl sites for hydroxylation is 2. The molecule has 1 aromatic rings. The second-order valence-corrected chi connectivity index (χ2v) is 5.71. The molecule has 19 heavy (non-hydrogen) atoms. The maximum Gasteiger partial charge on any atom is 0.130 e. The van der Waals surface area contributed by atoms with Gasteiger partial charge in [0.05, 0.1) is 11.8 Å². The SMILES string of the molecule is CCC1OCCC1C(Cc1c(C)nn(C)c1Cl)NC. The van der Waals surface area contributed by atoms with E-state index in [0.29, 0.717) is 18.1 Å². The molecular weight excluding hydrogens is 262 g/mol. The maximum absolute atomic E-state index is 6.33. The van der Waals surface area contributed by atoms with Gasteiger partial charge in [0.25, 0.3) is 0 Å². The summed E-state index contributed by atoms with van der Waals surface area (Å²) in [6.45, 7) is 5.09. The van der Waals surface area contributed by atoms with Crippen molar-refractivity contribution in [1.29, 1.82) is 0 Å². The molecule has 1 aliphatic heterocycles. The quantitative estimate of drug-likeness (QED) is 0.902. The van der Waals surface area contributed by atoms with Crippen LogP contribution in [0.1, 0.15) is 31.0 Å². The number of ether oxygens (including phenoxy) is 1. The fourth-order valence-corrected chi connectivity index (χ4v) is 3.39. The number of rotatable bonds is 5. The maximum atomic E-state index is 6.33. The van der Waals surface area contributed by atoms with Crippen LogP contribution in [0.2, 0.25) is 5.15 Å². The van der Waals surface area contributed by atoms with Crippen molar-refractivity contribution in [1.82, 2.24) is 15.1 Å². The molecule has 1 saturated heterocycles. The Morgan fingerprint density at radius 2 is 2.32 bits per heavy atom. The Labute approximate surface area is 120 Å². The van der Waals surface area contributed by atoms with Crippen molar-refractivity contribution in [2.24, 2.45) is 13.0 Å². The Balaban J connectivity index is 2.14. The first-order valence-electron chi connectivity index (χ1n) is 7.05. The van der Waals surface area contributed by atoms with Gasteiger partial charge in [-0.2, -0.15) is 5.10 Å². The molecule has 1 aromatic heterocycles. The molecule has 0 amide bonds. The van der Waals surface area contributed by atoms with Crippen molar-refractivity contribution < 1.29 is 4.74 Å². The van der Waals surface area contributed by atoms with Crippen molar-refractivity contribution in [3.05, 3.63) is 16.4 Å². The van der Waals surface area contributed by atoms with Gasteiger partial charge in [0.1, 0.15) is 5.15 Å². The van der Waals surface area contributed by atoms with Crippen LogP contribution in [-0.4, -0.2) is 35.6 Å². The monoisotopic (exact) mass is 285 g/mol. The van der Waals surface area contributed by atoms with Crippen LogP contribution in [0.3, 0.4) is 0 Å². The smallest absolute Gasteiger partial charge is 0.130 e. The summed E-state index contributed by atoms with van der Waals surface area (Å²) < 4.78 is 7.56. The molecule has 108 valence electrons. The van der Waals surface area contributed by atoms with E-state index in [-0.39, 0.29) is 0 Å². The third kappa shape index (κ3) is 2.96. The van der Waals surface area contributed by atoms with E-state index in [1.807, 2.05) is 21.0 Å². The summed E-state index contributed by atoms with van der Waals surface area (Å²) in [5.74, 6) is 0.561. The minimum atomic E-state index is 0.369. The van der Waals surface area contributed by atoms with Crippen LogP contribution in [-0.2, 0) is 18.2 Å². The van der Waals surface area contributed by atoms with Gasteiger partial charge in [0.2, 0.25) is 0 Å². The molecule has 0 spiro atoms. The summed E-state index contributed by atoms with van der Waals surface area (Å²) >= 11 is 6.33. The van der Waals surface area contributed by atoms with Gasteiger partial charge in [0.15, 0.2) is 0 Å².